The first-order chi connectivity index (χ1) is 8.00. The Morgan fingerprint density at radius 3 is 2.82 bits per heavy atom. The molecule has 0 amide bonds. The van der Waals surface area contributed by atoms with Crippen LogP contribution < -0.4 is 10.1 Å². The summed E-state index contributed by atoms with van der Waals surface area (Å²) in [6.45, 7) is 2.54. The van der Waals surface area contributed by atoms with E-state index in [0.29, 0.717) is 18.0 Å². The van der Waals surface area contributed by atoms with Crippen LogP contribution in [0.3, 0.4) is 0 Å². The Morgan fingerprint density at radius 1 is 1.41 bits per heavy atom. The topological polar surface area (TPSA) is 21.3 Å². The van der Waals surface area contributed by atoms with Gasteiger partial charge in [0.05, 0.1) is 17.3 Å². The zero-order valence-electron chi connectivity index (χ0n) is 9.47. The maximum absolute atomic E-state index is 12.5. The van der Waals surface area contributed by atoms with Crippen molar-refractivity contribution in [2.24, 2.45) is 0 Å². The highest BCUT2D eigenvalue weighted by atomic mass is 19.4. The fraction of sp³-hybridized carbons (Fsp3) is 0.500. The van der Waals surface area contributed by atoms with Gasteiger partial charge in [-0.1, -0.05) is 13.3 Å². The molecule has 0 aliphatic carbocycles. The van der Waals surface area contributed by atoms with Gasteiger partial charge in [-0.25, -0.2) is 0 Å². The largest absolute Gasteiger partial charge is 0.489 e. The van der Waals surface area contributed by atoms with Crippen molar-refractivity contribution < 1.29 is 17.9 Å². The van der Waals surface area contributed by atoms with E-state index in [0.717, 1.165) is 25.0 Å². The molecule has 1 aliphatic rings. The van der Waals surface area contributed by atoms with Gasteiger partial charge in [-0.3, -0.25) is 0 Å². The molecular weight excluding hydrogens is 231 g/mol. The molecule has 1 aliphatic heterocycles. The SMILES string of the molecule is CCCC1COc2ccc(C(F)(F)F)cc2N1. The number of rotatable bonds is 2. The first-order valence-electron chi connectivity index (χ1n) is 5.61. The third kappa shape index (κ3) is 2.65. The minimum atomic E-state index is -4.31. The van der Waals surface area contributed by atoms with Gasteiger partial charge in [0.15, 0.2) is 0 Å². The summed E-state index contributed by atoms with van der Waals surface area (Å²) in [4.78, 5) is 0. The van der Waals surface area contributed by atoms with E-state index in [1.54, 1.807) is 0 Å². The van der Waals surface area contributed by atoms with Crippen molar-refractivity contribution in [2.45, 2.75) is 32.0 Å². The first kappa shape index (κ1) is 12.1. The average Bonchev–Trinajstić information content (AvgIpc) is 2.27. The molecule has 5 heteroatoms. The summed E-state index contributed by atoms with van der Waals surface area (Å²) in [5, 5.41) is 3.09. The number of ether oxygens (including phenoxy) is 1. The van der Waals surface area contributed by atoms with Crippen molar-refractivity contribution in [1.29, 1.82) is 0 Å². The predicted molar refractivity (Wildman–Crippen MR) is 59.3 cm³/mol. The monoisotopic (exact) mass is 245 g/mol. The number of hydrogen-bond donors (Lipinski definition) is 1. The van der Waals surface area contributed by atoms with Gasteiger partial charge in [0, 0.05) is 0 Å². The summed E-state index contributed by atoms with van der Waals surface area (Å²) in [7, 11) is 0. The quantitative estimate of drug-likeness (QED) is 0.858. The summed E-state index contributed by atoms with van der Waals surface area (Å²) >= 11 is 0. The normalized spacial score (nSPS) is 19.2. The van der Waals surface area contributed by atoms with Crippen molar-refractivity contribution >= 4 is 5.69 Å². The Kier molecular flexibility index (Phi) is 3.17. The van der Waals surface area contributed by atoms with Crippen LogP contribution >= 0.6 is 0 Å². The minimum absolute atomic E-state index is 0.0935. The molecule has 1 aromatic rings. The number of benzene rings is 1. The molecule has 2 nitrogen and oxygen atoms in total. The zero-order chi connectivity index (χ0) is 12.5. The second-order valence-corrected chi connectivity index (χ2v) is 4.15. The highest BCUT2D eigenvalue weighted by molar-refractivity contribution is 5.60. The number of nitrogens with one attached hydrogen (secondary N) is 1. The van der Waals surface area contributed by atoms with Gasteiger partial charge in [0.1, 0.15) is 12.4 Å². The molecule has 1 N–H and O–H groups in total. The van der Waals surface area contributed by atoms with E-state index >= 15 is 0 Å². The summed E-state index contributed by atoms with van der Waals surface area (Å²) in [5.74, 6) is 0.491. The average molecular weight is 245 g/mol. The Balaban J connectivity index is 2.23. The van der Waals surface area contributed by atoms with E-state index in [9.17, 15) is 13.2 Å². The summed E-state index contributed by atoms with van der Waals surface area (Å²) in [6.07, 6.45) is -2.46. The van der Waals surface area contributed by atoms with Crippen LogP contribution in [0.2, 0.25) is 0 Å². The van der Waals surface area contributed by atoms with E-state index in [2.05, 4.69) is 5.32 Å². The van der Waals surface area contributed by atoms with E-state index in [4.69, 9.17) is 4.74 Å². The molecule has 0 bridgehead atoms. The van der Waals surface area contributed by atoms with E-state index in [-0.39, 0.29) is 6.04 Å². The first-order valence-corrected chi connectivity index (χ1v) is 5.61. The molecule has 17 heavy (non-hydrogen) atoms. The van der Waals surface area contributed by atoms with Crippen molar-refractivity contribution in [2.75, 3.05) is 11.9 Å². The van der Waals surface area contributed by atoms with Crippen molar-refractivity contribution in [1.82, 2.24) is 0 Å². The number of halogens is 3. The molecule has 1 aromatic carbocycles. The smallest absolute Gasteiger partial charge is 0.416 e. The van der Waals surface area contributed by atoms with Crippen molar-refractivity contribution in [3.05, 3.63) is 23.8 Å². The summed E-state index contributed by atoms with van der Waals surface area (Å²) in [5.41, 5.74) is -0.214. The van der Waals surface area contributed by atoms with E-state index in [1.165, 1.54) is 6.07 Å². The van der Waals surface area contributed by atoms with Crippen LogP contribution in [-0.4, -0.2) is 12.6 Å². The second-order valence-electron chi connectivity index (χ2n) is 4.15. The molecule has 0 aromatic heterocycles. The van der Waals surface area contributed by atoms with Crippen LogP contribution in [0.4, 0.5) is 18.9 Å². The zero-order valence-corrected chi connectivity index (χ0v) is 9.47. The van der Waals surface area contributed by atoms with Gasteiger partial charge in [-0.2, -0.15) is 13.2 Å². The molecule has 1 atom stereocenters. The molecule has 2 rings (SSSR count). The minimum Gasteiger partial charge on any atom is -0.489 e. The Labute approximate surface area is 97.8 Å². The van der Waals surface area contributed by atoms with Gasteiger partial charge in [-0.05, 0) is 24.6 Å². The van der Waals surface area contributed by atoms with Crippen LogP contribution in [0.25, 0.3) is 0 Å². The maximum atomic E-state index is 12.5. The highest BCUT2D eigenvalue weighted by Crippen LogP contribution is 2.36. The van der Waals surface area contributed by atoms with Gasteiger partial charge in [0.25, 0.3) is 0 Å². The summed E-state index contributed by atoms with van der Waals surface area (Å²) in [6, 6.07) is 3.61. The lowest BCUT2D eigenvalue weighted by Crippen LogP contribution is -2.31. The van der Waals surface area contributed by atoms with E-state index in [1.807, 2.05) is 6.92 Å². The van der Waals surface area contributed by atoms with Crippen molar-refractivity contribution in [3.8, 4) is 5.75 Å². The molecule has 0 saturated heterocycles. The second kappa shape index (κ2) is 4.47. The standard InChI is InChI=1S/C12H14F3NO/c1-2-3-9-7-17-11-5-4-8(12(13,14)15)6-10(11)16-9/h4-6,9,16H,2-3,7H2,1H3. The third-order valence-corrected chi connectivity index (χ3v) is 2.74. The van der Waals surface area contributed by atoms with Crippen LogP contribution in [-0.2, 0) is 6.18 Å². The lowest BCUT2D eigenvalue weighted by Gasteiger charge is -2.27. The highest BCUT2D eigenvalue weighted by Gasteiger charge is 2.32. The van der Waals surface area contributed by atoms with Crippen LogP contribution in [0, 0.1) is 0 Å². The predicted octanol–water partition coefficient (Wildman–Crippen LogP) is 3.68. The van der Waals surface area contributed by atoms with Gasteiger partial charge in [-0.15, -0.1) is 0 Å². The number of fused-ring (bicyclic) bond motifs is 1. The lowest BCUT2D eigenvalue weighted by molar-refractivity contribution is -0.137. The number of alkyl halides is 3. The lowest BCUT2D eigenvalue weighted by atomic mass is 10.1. The van der Waals surface area contributed by atoms with E-state index < -0.39 is 11.7 Å². The molecule has 1 unspecified atom stereocenters. The molecule has 0 fully saturated rings. The van der Waals surface area contributed by atoms with Gasteiger partial charge in [0.2, 0.25) is 0 Å². The van der Waals surface area contributed by atoms with Crippen LogP contribution in [0.15, 0.2) is 18.2 Å². The fourth-order valence-corrected chi connectivity index (χ4v) is 1.90. The van der Waals surface area contributed by atoms with Crippen LogP contribution in [0.1, 0.15) is 25.3 Å². The molecule has 1 heterocycles. The molecule has 0 radical (unpaired) electrons. The van der Waals surface area contributed by atoms with Crippen molar-refractivity contribution in [3.63, 3.8) is 0 Å². The van der Waals surface area contributed by atoms with Crippen LogP contribution in [0.5, 0.6) is 5.75 Å². The summed E-state index contributed by atoms with van der Waals surface area (Å²) < 4.78 is 43.0. The Hall–Kier alpha value is -1.39. The number of anilines is 1. The van der Waals surface area contributed by atoms with Gasteiger partial charge >= 0.3 is 6.18 Å². The third-order valence-electron chi connectivity index (χ3n) is 2.74. The molecular formula is C12H14F3NO. The Bertz CT molecular complexity index is 403. The molecule has 0 saturated carbocycles. The number of hydrogen-bond acceptors (Lipinski definition) is 2. The molecule has 0 spiro atoms. The molecule has 94 valence electrons. The van der Waals surface area contributed by atoms with Gasteiger partial charge < -0.3 is 10.1 Å². The Morgan fingerprint density at radius 2 is 2.18 bits per heavy atom. The fourth-order valence-electron chi connectivity index (χ4n) is 1.90. The maximum Gasteiger partial charge on any atom is 0.416 e.